The van der Waals surface area contributed by atoms with Gasteiger partial charge in [-0.3, -0.25) is 15.1 Å². The van der Waals surface area contributed by atoms with E-state index in [1.165, 1.54) is 6.07 Å². The Labute approximate surface area is 139 Å². The van der Waals surface area contributed by atoms with Crippen molar-refractivity contribution >= 4 is 5.91 Å². The van der Waals surface area contributed by atoms with Gasteiger partial charge in [0, 0.05) is 25.1 Å². The van der Waals surface area contributed by atoms with Crippen LogP contribution in [0.3, 0.4) is 0 Å². The molecule has 24 heavy (non-hydrogen) atoms. The van der Waals surface area contributed by atoms with Crippen LogP contribution in [0.4, 0.5) is 0 Å². The predicted molar refractivity (Wildman–Crippen MR) is 89.9 cm³/mol. The van der Waals surface area contributed by atoms with Crippen LogP contribution < -0.4 is 11.1 Å². The summed E-state index contributed by atoms with van der Waals surface area (Å²) >= 11 is 0. The van der Waals surface area contributed by atoms with E-state index in [0.717, 1.165) is 11.1 Å². The molecule has 0 bridgehead atoms. The highest BCUT2D eigenvalue weighted by Crippen LogP contribution is 2.19. The first kappa shape index (κ1) is 15.8. The largest absolute Gasteiger partial charge is 0.364 e. The van der Waals surface area contributed by atoms with Crippen LogP contribution in [0.25, 0.3) is 0 Å². The highest BCUT2D eigenvalue weighted by Gasteiger charge is 2.18. The van der Waals surface area contributed by atoms with Gasteiger partial charge < -0.3 is 5.73 Å². The number of carbonyl (C=O) groups excluding carboxylic acids is 1. The molecule has 0 aliphatic rings. The normalized spacial score (nSPS) is 11.8. The van der Waals surface area contributed by atoms with E-state index in [0.29, 0.717) is 12.4 Å². The average molecular weight is 319 g/mol. The zero-order valence-corrected chi connectivity index (χ0v) is 13.0. The molecule has 2 aromatic heterocycles. The maximum absolute atomic E-state index is 11.4. The molecule has 0 saturated carbocycles. The van der Waals surface area contributed by atoms with Crippen molar-refractivity contribution in [1.82, 2.24) is 20.3 Å². The molecule has 6 heteroatoms. The Balaban J connectivity index is 1.90. The summed E-state index contributed by atoms with van der Waals surface area (Å²) in [5.41, 5.74) is 7.58. The zero-order valence-electron chi connectivity index (χ0n) is 13.0. The molecular formula is C18H17N5O. The summed E-state index contributed by atoms with van der Waals surface area (Å²) in [6, 6.07) is 14.9. The Kier molecular flexibility index (Phi) is 4.88. The van der Waals surface area contributed by atoms with E-state index in [-0.39, 0.29) is 11.7 Å². The van der Waals surface area contributed by atoms with Gasteiger partial charge in [-0.25, -0.2) is 9.97 Å². The minimum atomic E-state index is -0.572. The van der Waals surface area contributed by atoms with Crippen LogP contribution in [0, 0.1) is 0 Å². The van der Waals surface area contributed by atoms with E-state index in [2.05, 4.69) is 20.3 Å². The summed E-state index contributed by atoms with van der Waals surface area (Å²) in [7, 11) is 0. The van der Waals surface area contributed by atoms with Crippen LogP contribution in [0.15, 0.2) is 67.1 Å². The lowest BCUT2D eigenvalue weighted by Gasteiger charge is -2.18. The van der Waals surface area contributed by atoms with Crippen molar-refractivity contribution in [3.63, 3.8) is 0 Å². The maximum atomic E-state index is 11.4. The third-order valence-electron chi connectivity index (χ3n) is 3.55. The van der Waals surface area contributed by atoms with E-state index >= 15 is 0 Å². The van der Waals surface area contributed by atoms with Gasteiger partial charge in [-0.05, 0) is 23.3 Å². The number of benzene rings is 1. The zero-order chi connectivity index (χ0) is 16.8. The molecule has 0 aliphatic heterocycles. The second-order valence-electron chi connectivity index (χ2n) is 5.25. The Bertz CT molecular complexity index is 808. The molecule has 0 saturated heterocycles. The van der Waals surface area contributed by atoms with Crippen molar-refractivity contribution in [2.45, 2.75) is 12.6 Å². The van der Waals surface area contributed by atoms with Crippen LogP contribution in [-0.2, 0) is 6.54 Å². The number of amides is 1. The molecule has 120 valence electrons. The van der Waals surface area contributed by atoms with Crippen molar-refractivity contribution in [3.8, 4) is 0 Å². The minimum absolute atomic E-state index is 0.198. The average Bonchev–Trinajstić information content (AvgIpc) is 2.64. The summed E-state index contributed by atoms with van der Waals surface area (Å²) in [6.07, 6.45) is 5.08. The van der Waals surface area contributed by atoms with Crippen LogP contribution in [-0.4, -0.2) is 20.9 Å². The summed E-state index contributed by atoms with van der Waals surface area (Å²) in [5, 5.41) is 3.42. The first-order chi connectivity index (χ1) is 11.7. The van der Waals surface area contributed by atoms with Gasteiger partial charge in [0.2, 0.25) is 0 Å². The van der Waals surface area contributed by atoms with Gasteiger partial charge in [0.1, 0.15) is 5.69 Å². The number of aromatic nitrogens is 3. The first-order valence-electron chi connectivity index (χ1n) is 7.54. The Morgan fingerprint density at radius 1 is 1.08 bits per heavy atom. The summed E-state index contributed by atoms with van der Waals surface area (Å²) in [6.45, 7) is 0.595. The van der Waals surface area contributed by atoms with Crippen molar-refractivity contribution in [3.05, 3.63) is 89.8 Å². The molecule has 3 aromatic rings. The Hall–Kier alpha value is -3.12. The Morgan fingerprint density at radius 3 is 2.62 bits per heavy atom. The molecule has 0 fully saturated rings. The van der Waals surface area contributed by atoms with Crippen LogP contribution in [0.5, 0.6) is 0 Å². The lowest BCUT2D eigenvalue weighted by molar-refractivity contribution is 0.0995. The Morgan fingerprint density at radius 2 is 1.92 bits per heavy atom. The van der Waals surface area contributed by atoms with Gasteiger partial charge in [-0.15, -0.1) is 0 Å². The van der Waals surface area contributed by atoms with Crippen LogP contribution in [0.2, 0.25) is 0 Å². The number of nitrogens with zero attached hydrogens (tertiary/aromatic N) is 3. The SMILES string of the molecule is NC(=O)c1ccnc(C(NCc2cccnc2)c2ccccc2)n1. The summed E-state index contributed by atoms with van der Waals surface area (Å²) in [5.74, 6) is -0.0703. The minimum Gasteiger partial charge on any atom is -0.364 e. The van der Waals surface area contributed by atoms with Crippen molar-refractivity contribution in [1.29, 1.82) is 0 Å². The smallest absolute Gasteiger partial charge is 0.267 e. The quantitative estimate of drug-likeness (QED) is 0.723. The van der Waals surface area contributed by atoms with Crippen molar-refractivity contribution in [2.24, 2.45) is 5.73 Å². The molecule has 1 aromatic carbocycles. The number of carbonyl (C=O) groups is 1. The van der Waals surface area contributed by atoms with Gasteiger partial charge in [0.15, 0.2) is 5.82 Å². The molecule has 1 atom stereocenters. The summed E-state index contributed by atoms with van der Waals surface area (Å²) < 4.78 is 0. The highest BCUT2D eigenvalue weighted by molar-refractivity contribution is 5.90. The van der Waals surface area contributed by atoms with Crippen molar-refractivity contribution < 1.29 is 4.79 Å². The topological polar surface area (TPSA) is 93.8 Å². The fourth-order valence-corrected chi connectivity index (χ4v) is 2.38. The van der Waals surface area contributed by atoms with Crippen LogP contribution >= 0.6 is 0 Å². The molecule has 1 unspecified atom stereocenters. The van der Waals surface area contributed by atoms with Gasteiger partial charge in [-0.2, -0.15) is 0 Å². The number of rotatable bonds is 6. The maximum Gasteiger partial charge on any atom is 0.267 e. The number of hydrogen-bond donors (Lipinski definition) is 2. The summed E-state index contributed by atoms with van der Waals surface area (Å²) in [4.78, 5) is 24.1. The first-order valence-corrected chi connectivity index (χ1v) is 7.54. The molecule has 3 rings (SSSR count). The molecule has 6 nitrogen and oxygen atoms in total. The van der Waals surface area contributed by atoms with Crippen LogP contribution in [0.1, 0.15) is 33.5 Å². The van der Waals surface area contributed by atoms with E-state index in [4.69, 9.17) is 5.73 Å². The van der Waals surface area contributed by atoms with Gasteiger partial charge in [0.25, 0.3) is 5.91 Å². The van der Waals surface area contributed by atoms with E-state index in [9.17, 15) is 4.79 Å². The van der Waals surface area contributed by atoms with Gasteiger partial charge >= 0.3 is 0 Å². The number of hydrogen-bond acceptors (Lipinski definition) is 5. The predicted octanol–water partition coefficient (Wildman–Crippen LogP) is 1.85. The number of pyridine rings is 1. The number of primary amides is 1. The van der Waals surface area contributed by atoms with E-state index in [1.807, 2.05) is 42.5 Å². The lowest BCUT2D eigenvalue weighted by Crippen LogP contribution is -2.25. The standard InChI is InChI=1S/C18H17N5O/c19-17(24)15-8-10-21-18(23-15)16(14-6-2-1-3-7-14)22-12-13-5-4-9-20-11-13/h1-11,16,22H,12H2,(H2,19,24). The molecule has 2 heterocycles. The van der Waals surface area contributed by atoms with E-state index < -0.39 is 5.91 Å². The highest BCUT2D eigenvalue weighted by atomic mass is 16.1. The number of nitrogens with two attached hydrogens (primary N) is 1. The van der Waals surface area contributed by atoms with Gasteiger partial charge in [-0.1, -0.05) is 36.4 Å². The second kappa shape index (κ2) is 7.43. The molecular weight excluding hydrogens is 302 g/mol. The third-order valence-corrected chi connectivity index (χ3v) is 3.55. The fraction of sp³-hybridized carbons (Fsp3) is 0.111. The van der Waals surface area contributed by atoms with E-state index in [1.54, 1.807) is 18.6 Å². The molecule has 0 radical (unpaired) electrons. The lowest BCUT2D eigenvalue weighted by atomic mass is 10.1. The molecule has 3 N–H and O–H groups in total. The fourth-order valence-electron chi connectivity index (χ4n) is 2.38. The molecule has 1 amide bonds. The monoisotopic (exact) mass is 319 g/mol. The second-order valence-corrected chi connectivity index (χ2v) is 5.25. The van der Waals surface area contributed by atoms with Crippen molar-refractivity contribution in [2.75, 3.05) is 0 Å². The third kappa shape index (κ3) is 3.80. The molecule has 0 spiro atoms. The van der Waals surface area contributed by atoms with Gasteiger partial charge in [0.05, 0.1) is 6.04 Å². The number of nitrogens with one attached hydrogen (secondary N) is 1. The molecule has 0 aliphatic carbocycles.